The molecule has 0 fully saturated rings. The van der Waals surface area contributed by atoms with E-state index in [0.717, 1.165) is 14.9 Å². The molecule has 1 aliphatic heterocycles. The van der Waals surface area contributed by atoms with Crippen LogP contribution in [0.1, 0.15) is 49.2 Å². The van der Waals surface area contributed by atoms with Gasteiger partial charge in [0.2, 0.25) is 0 Å². The lowest BCUT2D eigenvalue weighted by Gasteiger charge is -2.32. The molecule has 7 heteroatoms. The van der Waals surface area contributed by atoms with Crippen LogP contribution in [0.3, 0.4) is 0 Å². The van der Waals surface area contributed by atoms with E-state index in [1.165, 1.54) is 6.08 Å². The maximum Gasteiger partial charge on any atom is 0.417 e. The van der Waals surface area contributed by atoms with Gasteiger partial charge in [-0.05, 0) is 50.6 Å². The molecule has 1 aromatic carbocycles. The lowest BCUT2D eigenvalue weighted by molar-refractivity contribution is -0.125. The summed E-state index contributed by atoms with van der Waals surface area (Å²) in [6.07, 6.45) is 3.92. The Morgan fingerprint density at radius 1 is 1.20 bits per heavy atom. The maximum absolute atomic E-state index is 12.9. The van der Waals surface area contributed by atoms with Crippen molar-refractivity contribution in [1.82, 2.24) is 9.88 Å². The molecule has 1 aliphatic rings. The highest BCUT2D eigenvalue weighted by atomic mass is 79.9. The van der Waals surface area contributed by atoms with E-state index in [-0.39, 0.29) is 12.2 Å². The molecule has 2 amide bonds. The molecule has 2 heterocycles. The van der Waals surface area contributed by atoms with Gasteiger partial charge in [-0.15, -0.1) is 0 Å². The highest BCUT2D eigenvalue weighted by molar-refractivity contribution is 9.10. The van der Waals surface area contributed by atoms with Crippen molar-refractivity contribution in [3.63, 3.8) is 0 Å². The van der Waals surface area contributed by atoms with E-state index in [4.69, 9.17) is 4.74 Å². The van der Waals surface area contributed by atoms with Gasteiger partial charge in [-0.3, -0.25) is 14.6 Å². The van der Waals surface area contributed by atoms with Gasteiger partial charge in [0.25, 0.3) is 5.91 Å². The molecule has 1 aromatic heterocycles. The third kappa shape index (κ3) is 5.21. The SMILES string of the molecule is CC(C)(C)OC(=O)N1C(=O)C=C[C@H]1[C@H](CC(=O)c1ccccn1)c1cccc(Br)c1. The Hall–Kier alpha value is -2.80. The number of pyridine rings is 1. The molecule has 3 rings (SSSR count). The summed E-state index contributed by atoms with van der Waals surface area (Å²) in [5, 5.41) is 0. The number of amides is 2. The van der Waals surface area contributed by atoms with E-state index in [2.05, 4.69) is 20.9 Å². The molecule has 2 aromatic rings. The lowest BCUT2D eigenvalue weighted by Crippen LogP contribution is -2.45. The summed E-state index contributed by atoms with van der Waals surface area (Å²) in [6.45, 7) is 5.22. The fourth-order valence-electron chi connectivity index (χ4n) is 3.34. The standard InChI is InChI=1S/C23H23BrN2O4/c1-23(2,3)30-22(29)26-19(10-11-21(26)28)17(15-7-6-8-16(24)13-15)14-20(27)18-9-4-5-12-25-18/h4-13,17,19H,14H2,1-3H3/t17-,19+/m1/s1. The van der Waals surface area contributed by atoms with Crippen molar-refractivity contribution in [2.24, 2.45) is 0 Å². The van der Waals surface area contributed by atoms with Gasteiger partial charge >= 0.3 is 6.09 Å². The number of hydrogen-bond acceptors (Lipinski definition) is 5. The smallest absolute Gasteiger partial charge is 0.417 e. The van der Waals surface area contributed by atoms with Crippen LogP contribution in [0.15, 0.2) is 65.3 Å². The van der Waals surface area contributed by atoms with Crippen LogP contribution in [0.4, 0.5) is 4.79 Å². The monoisotopic (exact) mass is 470 g/mol. The fraction of sp³-hybridized carbons (Fsp3) is 0.304. The van der Waals surface area contributed by atoms with Crippen molar-refractivity contribution in [3.05, 3.63) is 76.5 Å². The average molecular weight is 471 g/mol. The first-order chi connectivity index (χ1) is 14.2. The van der Waals surface area contributed by atoms with E-state index in [1.807, 2.05) is 24.3 Å². The summed E-state index contributed by atoms with van der Waals surface area (Å²) >= 11 is 3.46. The van der Waals surface area contributed by atoms with Crippen LogP contribution in [0.5, 0.6) is 0 Å². The number of ether oxygens (including phenoxy) is 1. The van der Waals surface area contributed by atoms with Crippen molar-refractivity contribution >= 4 is 33.7 Å². The molecule has 0 saturated carbocycles. The van der Waals surface area contributed by atoms with Crippen LogP contribution in [0.25, 0.3) is 0 Å². The van der Waals surface area contributed by atoms with Crippen molar-refractivity contribution in [2.75, 3.05) is 0 Å². The quantitative estimate of drug-likeness (QED) is 0.580. The Morgan fingerprint density at radius 3 is 2.60 bits per heavy atom. The van der Waals surface area contributed by atoms with Crippen molar-refractivity contribution in [1.29, 1.82) is 0 Å². The van der Waals surface area contributed by atoms with Gasteiger partial charge in [-0.1, -0.05) is 40.2 Å². The topological polar surface area (TPSA) is 76.6 Å². The predicted molar refractivity (Wildman–Crippen MR) is 116 cm³/mol. The van der Waals surface area contributed by atoms with Gasteiger partial charge in [0.15, 0.2) is 5.78 Å². The number of imide groups is 1. The third-order valence-corrected chi connectivity index (χ3v) is 5.10. The van der Waals surface area contributed by atoms with Crippen LogP contribution in [0.2, 0.25) is 0 Å². The third-order valence-electron chi connectivity index (χ3n) is 4.61. The Morgan fingerprint density at radius 2 is 1.97 bits per heavy atom. The van der Waals surface area contributed by atoms with E-state index in [9.17, 15) is 14.4 Å². The second kappa shape index (κ2) is 8.92. The first-order valence-electron chi connectivity index (χ1n) is 9.60. The van der Waals surface area contributed by atoms with Gasteiger partial charge in [0.05, 0.1) is 6.04 Å². The van der Waals surface area contributed by atoms with E-state index >= 15 is 0 Å². The minimum atomic E-state index is -0.750. The second-order valence-corrected chi connectivity index (χ2v) is 8.96. The molecule has 0 N–H and O–H groups in total. The average Bonchev–Trinajstić information content (AvgIpc) is 3.06. The first kappa shape index (κ1) is 21.9. The fourth-order valence-corrected chi connectivity index (χ4v) is 3.75. The molecule has 6 nitrogen and oxygen atoms in total. The molecule has 0 saturated heterocycles. The number of rotatable bonds is 5. The summed E-state index contributed by atoms with van der Waals surface area (Å²) in [4.78, 5) is 43.4. The van der Waals surface area contributed by atoms with Gasteiger partial charge in [-0.25, -0.2) is 9.69 Å². The minimum absolute atomic E-state index is 0.0784. The number of hydrogen-bond donors (Lipinski definition) is 0. The van der Waals surface area contributed by atoms with Crippen molar-refractivity contribution in [3.8, 4) is 0 Å². The lowest BCUT2D eigenvalue weighted by atomic mass is 9.86. The summed E-state index contributed by atoms with van der Waals surface area (Å²) in [5.74, 6) is -1.08. The number of halogens is 1. The first-order valence-corrected chi connectivity index (χ1v) is 10.4. The van der Waals surface area contributed by atoms with E-state index in [1.54, 1.807) is 51.2 Å². The van der Waals surface area contributed by atoms with Crippen LogP contribution in [-0.4, -0.2) is 39.3 Å². The van der Waals surface area contributed by atoms with Crippen LogP contribution in [-0.2, 0) is 9.53 Å². The number of benzene rings is 1. The molecule has 156 valence electrons. The Bertz CT molecular complexity index is 982. The van der Waals surface area contributed by atoms with Crippen LogP contribution in [0, 0.1) is 0 Å². The molecule has 2 atom stereocenters. The highest BCUT2D eigenvalue weighted by Gasteiger charge is 2.40. The zero-order chi connectivity index (χ0) is 21.9. The zero-order valence-corrected chi connectivity index (χ0v) is 18.6. The van der Waals surface area contributed by atoms with Crippen molar-refractivity contribution in [2.45, 2.75) is 44.8 Å². The van der Waals surface area contributed by atoms with Gasteiger partial charge in [0.1, 0.15) is 11.3 Å². The minimum Gasteiger partial charge on any atom is -0.443 e. The second-order valence-electron chi connectivity index (χ2n) is 8.04. The number of ketones is 1. The highest BCUT2D eigenvalue weighted by Crippen LogP contribution is 2.34. The molecular weight excluding hydrogens is 448 g/mol. The summed E-state index contributed by atoms with van der Waals surface area (Å²) in [5.41, 5.74) is 0.417. The van der Waals surface area contributed by atoms with E-state index < -0.39 is 29.6 Å². The molecular formula is C23H23BrN2O4. The Kier molecular flexibility index (Phi) is 6.51. The zero-order valence-electron chi connectivity index (χ0n) is 17.0. The van der Waals surface area contributed by atoms with Gasteiger partial charge < -0.3 is 4.74 Å². The summed E-state index contributed by atoms with van der Waals surface area (Å²) < 4.78 is 6.28. The number of nitrogens with zero attached hydrogens (tertiary/aromatic N) is 2. The number of carbonyl (C=O) groups excluding carboxylic acids is 3. The van der Waals surface area contributed by atoms with Crippen molar-refractivity contribution < 1.29 is 19.1 Å². The van der Waals surface area contributed by atoms with Crippen LogP contribution >= 0.6 is 15.9 Å². The summed E-state index contributed by atoms with van der Waals surface area (Å²) in [6, 6.07) is 12.0. The predicted octanol–water partition coefficient (Wildman–Crippen LogP) is 4.90. The molecule has 0 aliphatic carbocycles. The molecule has 30 heavy (non-hydrogen) atoms. The Labute approximate surface area is 184 Å². The van der Waals surface area contributed by atoms with Crippen LogP contribution < -0.4 is 0 Å². The Balaban J connectivity index is 1.96. The largest absolute Gasteiger partial charge is 0.443 e. The van der Waals surface area contributed by atoms with Gasteiger partial charge in [-0.2, -0.15) is 0 Å². The molecule has 0 radical (unpaired) electrons. The number of carbonyl (C=O) groups is 3. The maximum atomic E-state index is 12.9. The normalized spacial score (nSPS) is 17.1. The molecule has 0 bridgehead atoms. The number of Topliss-reactive ketones (excluding diaryl/α,β-unsaturated/α-hetero) is 1. The van der Waals surface area contributed by atoms with E-state index in [0.29, 0.717) is 5.69 Å². The summed E-state index contributed by atoms with van der Waals surface area (Å²) in [7, 11) is 0. The van der Waals surface area contributed by atoms with Gasteiger partial charge in [0, 0.05) is 29.1 Å². The molecule has 0 spiro atoms. The molecule has 0 unspecified atom stereocenters. The number of aromatic nitrogens is 1.